The number of para-hydroxylation sites is 1. The van der Waals surface area contributed by atoms with Crippen molar-refractivity contribution in [2.75, 3.05) is 4.90 Å². The maximum Gasteiger partial charge on any atom is 0.357 e. The summed E-state index contributed by atoms with van der Waals surface area (Å²) in [5.74, 6) is -1.25. The monoisotopic (exact) mass is 321 g/mol. The molecule has 1 amide bonds. The lowest BCUT2D eigenvalue weighted by Gasteiger charge is -2.22. The lowest BCUT2D eigenvalue weighted by atomic mass is 10.1. The summed E-state index contributed by atoms with van der Waals surface area (Å²) in [6, 6.07) is 12.9. The van der Waals surface area contributed by atoms with E-state index in [1.165, 1.54) is 0 Å². The first-order valence-electron chi connectivity index (χ1n) is 7.69. The molecule has 4 rings (SSSR count). The molecule has 0 bridgehead atoms. The van der Waals surface area contributed by atoms with Gasteiger partial charge < -0.3 is 10.0 Å². The summed E-state index contributed by atoms with van der Waals surface area (Å²) >= 11 is 0. The van der Waals surface area contributed by atoms with Gasteiger partial charge in [0.05, 0.1) is 5.52 Å². The molecule has 2 N–H and O–H groups in total. The van der Waals surface area contributed by atoms with Crippen molar-refractivity contribution < 1.29 is 14.7 Å². The van der Waals surface area contributed by atoms with Crippen LogP contribution in [0.2, 0.25) is 0 Å². The van der Waals surface area contributed by atoms with Gasteiger partial charge in [-0.1, -0.05) is 18.2 Å². The van der Waals surface area contributed by atoms with Gasteiger partial charge in [-0.3, -0.25) is 9.89 Å². The molecule has 24 heavy (non-hydrogen) atoms. The lowest BCUT2D eigenvalue weighted by molar-refractivity contribution is 0.0692. The number of benzene rings is 2. The molecule has 2 heterocycles. The Morgan fingerprint density at radius 2 is 2.04 bits per heavy atom. The number of carboxylic acid groups (broad SMARTS) is 1. The Labute approximate surface area is 137 Å². The Balaban J connectivity index is 1.79. The second-order valence-electron chi connectivity index (χ2n) is 5.99. The summed E-state index contributed by atoms with van der Waals surface area (Å²) < 4.78 is 0. The number of anilines is 1. The van der Waals surface area contributed by atoms with Crippen LogP contribution in [0, 0.1) is 0 Å². The first kappa shape index (κ1) is 14.4. The molecule has 6 nitrogen and oxygen atoms in total. The number of H-pyrrole nitrogens is 1. The third kappa shape index (κ3) is 2.07. The Bertz CT molecular complexity index is 977. The van der Waals surface area contributed by atoms with Crippen molar-refractivity contribution in [3.05, 3.63) is 59.3 Å². The summed E-state index contributed by atoms with van der Waals surface area (Å²) in [5.41, 5.74) is 3.04. The van der Waals surface area contributed by atoms with E-state index >= 15 is 0 Å². The topological polar surface area (TPSA) is 86.3 Å². The molecule has 120 valence electrons. The van der Waals surface area contributed by atoms with E-state index < -0.39 is 5.97 Å². The van der Waals surface area contributed by atoms with Gasteiger partial charge in [0.1, 0.15) is 0 Å². The van der Waals surface area contributed by atoms with E-state index in [1.807, 2.05) is 31.2 Å². The fraction of sp³-hybridized carbons (Fsp3) is 0.167. The first-order valence-corrected chi connectivity index (χ1v) is 7.69. The zero-order chi connectivity index (χ0) is 16.8. The second-order valence-corrected chi connectivity index (χ2v) is 5.99. The summed E-state index contributed by atoms with van der Waals surface area (Å²) in [6.45, 7) is 2.01. The molecule has 0 fully saturated rings. The molecule has 0 spiro atoms. The van der Waals surface area contributed by atoms with Crippen molar-refractivity contribution >= 4 is 28.5 Å². The molecule has 1 unspecified atom stereocenters. The minimum Gasteiger partial charge on any atom is -0.476 e. The summed E-state index contributed by atoms with van der Waals surface area (Å²) in [5, 5.41) is 16.1. The van der Waals surface area contributed by atoms with E-state index in [4.69, 9.17) is 0 Å². The minimum atomic E-state index is -1.12. The molecule has 6 heteroatoms. The number of carbonyl (C=O) groups is 2. The molecule has 0 saturated carbocycles. The number of carboxylic acids is 1. The highest BCUT2D eigenvalue weighted by molar-refractivity contribution is 6.11. The van der Waals surface area contributed by atoms with E-state index in [1.54, 1.807) is 23.1 Å². The zero-order valence-corrected chi connectivity index (χ0v) is 13.0. The van der Waals surface area contributed by atoms with Crippen LogP contribution < -0.4 is 4.90 Å². The highest BCUT2D eigenvalue weighted by atomic mass is 16.4. The number of carbonyl (C=O) groups excluding carboxylic acids is 1. The number of hydrogen-bond acceptors (Lipinski definition) is 3. The number of fused-ring (bicyclic) bond motifs is 2. The highest BCUT2D eigenvalue weighted by Crippen LogP contribution is 2.33. The molecule has 1 aliphatic rings. The van der Waals surface area contributed by atoms with Gasteiger partial charge in [-0.05, 0) is 43.2 Å². The van der Waals surface area contributed by atoms with Crippen LogP contribution in [0.4, 0.5) is 5.69 Å². The van der Waals surface area contributed by atoms with Crippen LogP contribution in [0.25, 0.3) is 10.9 Å². The maximum atomic E-state index is 13.0. The molecule has 1 aliphatic heterocycles. The van der Waals surface area contributed by atoms with Crippen molar-refractivity contribution in [3.8, 4) is 0 Å². The first-order chi connectivity index (χ1) is 11.6. The highest BCUT2D eigenvalue weighted by Gasteiger charge is 2.31. The van der Waals surface area contributed by atoms with Crippen molar-refractivity contribution in [2.45, 2.75) is 19.4 Å². The molecule has 1 atom stereocenters. The quantitative estimate of drug-likeness (QED) is 0.760. The van der Waals surface area contributed by atoms with E-state index in [-0.39, 0.29) is 17.6 Å². The molecule has 1 aromatic heterocycles. The SMILES string of the molecule is CC1Cc2ccccc2N1C(=O)c1ccc2[nH]nc(C(=O)O)c2c1. The molecule has 0 radical (unpaired) electrons. The average Bonchev–Trinajstić information content (AvgIpc) is 3.13. The van der Waals surface area contributed by atoms with Crippen molar-refractivity contribution in [1.82, 2.24) is 10.2 Å². The minimum absolute atomic E-state index is 0.0638. The van der Waals surface area contributed by atoms with E-state index in [9.17, 15) is 14.7 Å². The smallest absolute Gasteiger partial charge is 0.357 e. The number of aromatic carboxylic acids is 1. The van der Waals surface area contributed by atoms with Crippen LogP contribution in [0.3, 0.4) is 0 Å². The van der Waals surface area contributed by atoms with Crippen LogP contribution in [0.15, 0.2) is 42.5 Å². The number of hydrogen-bond donors (Lipinski definition) is 2. The molecule has 3 aromatic rings. The average molecular weight is 321 g/mol. The van der Waals surface area contributed by atoms with E-state index in [0.29, 0.717) is 16.5 Å². The van der Waals surface area contributed by atoms with Gasteiger partial charge in [0.15, 0.2) is 5.69 Å². The Kier molecular flexibility index (Phi) is 3.13. The largest absolute Gasteiger partial charge is 0.476 e. The number of aromatic amines is 1. The fourth-order valence-electron chi connectivity index (χ4n) is 3.32. The molecule has 0 saturated heterocycles. The normalized spacial score (nSPS) is 16.4. The number of amides is 1. The van der Waals surface area contributed by atoms with Gasteiger partial charge >= 0.3 is 5.97 Å². The van der Waals surface area contributed by atoms with Crippen molar-refractivity contribution in [1.29, 1.82) is 0 Å². The number of rotatable bonds is 2. The number of nitrogens with one attached hydrogen (secondary N) is 1. The van der Waals surface area contributed by atoms with Gasteiger partial charge in [0, 0.05) is 22.7 Å². The standard InChI is InChI=1S/C18H15N3O3/c1-10-8-11-4-2-3-5-15(11)21(10)17(22)12-6-7-14-13(9-12)16(18(23)24)20-19-14/h2-7,9-10H,8H2,1H3,(H,19,20)(H,23,24). The van der Waals surface area contributed by atoms with Gasteiger partial charge in [-0.15, -0.1) is 0 Å². The third-order valence-corrected chi connectivity index (χ3v) is 4.44. The maximum absolute atomic E-state index is 13.0. The Hall–Kier alpha value is -3.15. The Morgan fingerprint density at radius 3 is 2.83 bits per heavy atom. The van der Waals surface area contributed by atoms with E-state index in [0.717, 1.165) is 17.7 Å². The molecule has 2 aromatic carbocycles. The van der Waals surface area contributed by atoms with Crippen LogP contribution in [0.1, 0.15) is 33.3 Å². The predicted octanol–water partition coefficient (Wildman–Crippen LogP) is 2.85. The number of aromatic nitrogens is 2. The summed E-state index contributed by atoms with van der Waals surface area (Å²) in [4.78, 5) is 26.0. The summed E-state index contributed by atoms with van der Waals surface area (Å²) in [7, 11) is 0. The van der Waals surface area contributed by atoms with Crippen LogP contribution in [-0.4, -0.2) is 33.2 Å². The van der Waals surface area contributed by atoms with Crippen LogP contribution in [-0.2, 0) is 6.42 Å². The van der Waals surface area contributed by atoms with E-state index in [2.05, 4.69) is 10.2 Å². The van der Waals surface area contributed by atoms with Gasteiger partial charge in [0.2, 0.25) is 0 Å². The zero-order valence-electron chi connectivity index (χ0n) is 13.0. The molecule has 0 aliphatic carbocycles. The Morgan fingerprint density at radius 1 is 1.25 bits per heavy atom. The lowest BCUT2D eigenvalue weighted by Crippen LogP contribution is -2.35. The molecular weight excluding hydrogens is 306 g/mol. The predicted molar refractivity (Wildman–Crippen MR) is 89.5 cm³/mol. The van der Waals surface area contributed by atoms with Crippen LogP contribution in [0.5, 0.6) is 0 Å². The van der Waals surface area contributed by atoms with Gasteiger partial charge in [-0.2, -0.15) is 5.10 Å². The van der Waals surface area contributed by atoms with Gasteiger partial charge in [0.25, 0.3) is 5.91 Å². The van der Waals surface area contributed by atoms with Gasteiger partial charge in [-0.25, -0.2) is 4.79 Å². The number of nitrogens with zero attached hydrogens (tertiary/aromatic N) is 2. The van der Waals surface area contributed by atoms with Crippen molar-refractivity contribution in [3.63, 3.8) is 0 Å². The summed E-state index contributed by atoms with van der Waals surface area (Å²) in [6.07, 6.45) is 0.816. The molecular formula is C18H15N3O3. The van der Waals surface area contributed by atoms with Crippen LogP contribution >= 0.6 is 0 Å². The fourth-order valence-corrected chi connectivity index (χ4v) is 3.32. The van der Waals surface area contributed by atoms with Crippen molar-refractivity contribution in [2.24, 2.45) is 0 Å². The second kappa shape index (κ2) is 5.19. The third-order valence-electron chi connectivity index (χ3n) is 4.44.